The molecular formula is C30H46O5. The predicted molar refractivity (Wildman–Crippen MR) is 137 cm³/mol. The lowest BCUT2D eigenvalue weighted by Crippen LogP contribution is -2.38. The summed E-state index contributed by atoms with van der Waals surface area (Å²) >= 11 is 0. The Kier molecular flexibility index (Phi) is 7.18. The molecule has 0 aromatic rings. The minimum atomic E-state index is -0.708. The molecule has 0 bridgehead atoms. The number of hydrogen-bond donors (Lipinski definition) is 1. The van der Waals surface area contributed by atoms with E-state index in [-0.39, 0.29) is 35.1 Å². The van der Waals surface area contributed by atoms with Gasteiger partial charge in [0.1, 0.15) is 0 Å². The second kappa shape index (κ2) is 9.45. The van der Waals surface area contributed by atoms with E-state index in [9.17, 15) is 14.7 Å². The van der Waals surface area contributed by atoms with E-state index >= 15 is 0 Å². The van der Waals surface area contributed by atoms with Gasteiger partial charge in [-0.3, -0.25) is 9.59 Å². The van der Waals surface area contributed by atoms with Crippen molar-refractivity contribution in [2.45, 2.75) is 104 Å². The summed E-state index contributed by atoms with van der Waals surface area (Å²) < 4.78 is 11.3. The molecule has 5 nitrogen and oxygen atoms in total. The summed E-state index contributed by atoms with van der Waals surface area (Å²) in [5.41, 5.74) is 0.500. The predicted octanol–water partition coefficient (Wildman–Crippen LogP) is 5.65. The minimum Gasteiger partial charge on any atom is -0.455 e. The number of carbonyl (C=O) groups excluding carboxylic acids is 2. The lowest BCUT2D eigenvalue weighted by molar-refractivity contribution is -0.154. The molecule has 0 aromatic heterocycles. The van der Waals surface area contributed by atoms with Gasteiger partial charge in [0.05, 0.1) is 17.1 Å². The van der Waals surface area contributed by atoms with Crippen molar-refractivity contribution in [1.29, 1.82) is 0 Å². The topological polar surface area (TPSA) is 72.8 Å². The zero-order valence-corrected chi connectivity index (χ0v) is 22.8. The molecule has 3 unspecified atom stereocenters. The number of hydrogen-bond acceptors (Lipinski definition) is 5. The molecule has 0 spiro atoms. The molecule has 0 heterocycles. The third kappa shape index (κ3) is 4.68. The van der Waals surface area contributed by atoms with Crippen LogP contribution < -0.4 is 0 Å². The summed E-state index contributed by atoms with van der Waals surface area (Å²) in [4.78, 5) is 24.7. The van der Waals surface area contributed by atoms with Gasteiger partial charge in [0.2, 0.25) is 0 Å². The third-order valence-electron chi connectivity index (χ3n) is 10.3. The van der Waals surface area contributed by atoms with Crippen LogP contribution in [0.3, 0.4) is 0 Å². The van der Waals surface area contributed by atoms with Crippen LogP contribution in [0.4, 0.5) is 0 Å². The van der Waals surface area contributed by atoms with E-state index in [4.69, 9.17) is 9.47 Å². The van der Waals surface area contributed by atoms with Crippen LogP contribution in [0.15, 0.2) is 23.8 Å². The molecule has 0 aliphatic heterocycles. The summed E-state index contributed by atoms with van der Waals surface area (Å²) in [7, 11) is 1.72. The third-order valence-corrected chi connectivity index (χ3v) is 10.3. The van der Waals surface area contributed by atoms with Gasteiger partial charge >= 0.3 is 5.97 Å². The fraction of sp³-hybridized carbons (Fsp3) is 0.800. The zero-order valence-electron chi connectivity index (χ0n) is 22.8. The number of ether oxygens (including phenoxy) is 2. The molecule has 4 aliphatic carbocycles. The van der Waals surface area contributed by atoms with Crippen LogP contribution in [-0.4, -0.2) is 41.8 Å². The summed E-state index contributed by atoms with van der Waals surface area (Å²) in [5.74, 6) is 1.64. The molecule has 4 saturated carbocycles. The molecule has 4 fully saturated rings. The molecule has 35 heavy (non-hydrogen) atoms. The van der Waals surface area contributed by atoms with Crippen LogP contribution in [-0.2, 0) is 19.1 Å². The Balaban J connectivity index is 1.52. The molecule has 0 aromatic carbocycles. The Morgan fingerprint density at radius 3 is 2.57 bits per heavy atom. The number of ketones is 1. The monoisotopic (exact) mass is 486 g/mol. The fourth-order valence-corrected chi connectivity index (χ4v) is 7.88. The molecule has 0 saturated heterocycles. The Hall–Kier alpha value is -1.46. The molecule has 1 N–H and O–H groups in total. The quantitative estimate of drug-likeness (QED) is 0.354. The van der Waals surface area contributed by atoms with Crippen LogP contribution in [0, 0.1) is 40.4 Å². The van der Waals surface area contributed by atoms with Gasteiger partial charge in [0.25, 0.3) is 0 Å². The smallest absolute Gasteiger partial charge is 0.303 e. The molecule has 0 amide bonds. The van der Waals surface area contributed by atoms with Crippen molar-refractivity contribution >= 4 is 11.8 Å². The number of rotatable bonds is 8. The highest BCUT2D eigenvalue weighted by Crippen LogP contribution is 2.66. The number of fused-ring (bicyclic) bond motifs is 2. The molecule has 0 radical (unpaired) electrons. The van der Waals surface area contributed by atoms with Crippen LogP contribution in [0.25, 0.3) is 0 Å². The summed E-state index contributed by atoms with van der Waals surface area (Å²) in [6.45, 7) is 12.0. The highest BCUT2D eigenvalue weighted by molar-refractivity contribution is 5.96. The minimum absolute atomic E-state index is 0.0592. The summed E-state index contributed by atoms with van der Waals surface area (Å²) in [5, 5.41) is 10.3. The van der Waals surface area contributed by atoms with E-state index in [0.717, 1.165) is 12.8 Å². The number of aliphatic hydroxyl groups is 1. The Morgan fingerprint density at radius 2 is 1.94 bits per heavy atom. The lowest BCUT2D eigenvalue weighted by Gasteiger charge is -2.44. The van der Waals surface area contributed by atoms with Gasteiger partial charge in [0.15, 0.2) is 11.9 Å². The second-order valence-electron chi connectivity index (χ2n) is 12.8. The number of carbonyl (C=O) groups is 2. The van der Waals surface area contributed by atoms with Crippen molar-refractivity contribution in [3.63, 3.8) is 0 Å². The average molecular weight is 487 g/mol. The highest BCUT2D eigenvalue weighted by atomic mass is 16.5. The Morgan fingerprint density at radius 1 is 1.23 bits per heavy atom. The first-order chi connectivity index (χ1) is 16.3. The van der Waals surface area contributed by atoms with Crippen molar-refractivity contribution in [2.75, 3.05) is 7.11 Å². The number of methoxy groups -OCH3 is 1. The average Bonchev–Trinajstić information content (AvgIpc) is 3.28. The Labute approximate surface area is 211 Å². The normalized spacial score (nSPS) is 40.5. The van der Waals surface area contributed by atoms with Crippen molar-refractivity contribution in [3.05, 3.63) is 23.8 Å². The number of esters is 1. The molecule has 4 rings (SSSR count). The molecular weight excluding hydrogens is 440 g/mol. The van der Waals surface area contributed by atoms with Crippen LogP contribution in [0.2, 0.25) is 0 Å². The van der Waals surface area contributed by atoms with Gasteiger partial charge < -0.3 is 14.6 Å². The van der Waals surface area contributed by atoms with Crippen LogP contribution in [0.5, 0.6) is 0 Å². The Bertz CT molecular complexity index is 897. The van der Waals surface area contributed by atoms with E-state index in [2.05, 4.69) is 39.0 Å². The van der Waals surface area contributed by atoms with Crippen molar-refractivity contribution in [3.8, 4) is 0 Å². The molecule has 5 heteroatoms. The van der Waals surface area contributed by atoms with Crippen LogP contribution >= 0.6 is 0 Å². The van der Waals surface area contributed by atoms with Gasteiger partial charge in [-0.2, -0.15) is 0 Å². The van der Waals surface area contributed by atoms with E-state index in [1.165, 1.54) is 38.2 Å². The van der Waals surface area contributed by atoms with Gasteiger partial charge in [-0.05, 0) is 87.9 Å². The zero-order chi connectivity index (χ0) is 25.8. The molecule has 4 aliphatic rings. The van der Waals surface area contributed by atoms with E-state index in [0.29, 0.717) is 24.2 Å². The maximum Gasteiger partial charge on any atom is 0.303 e. The largest absolute Gasteiger partial charge is 0.455 e. The standard InChI is InChI=1S/C30H46O5/c1-18(10-11-19(2)28(4,5)33)23-12-13-24-21(9-8-14-29(23,24)6)15-26(34-7)30-17-22(30)16-25(27(30)32)35-20(3)31/h10-11,15,18-19,22-26,33H,8-9,12-14,16-17H2,1-7H3/b11-10+,21-15+/t18-,19+,22?,23-,24+,25+,26?,29-,30?/m1/s1. The molecule has 196 valence electrons. The molecule has 9 atom stereocenters. The van der Waals surface area contributed by atoms with E-state index < -0.39 is 17.1 Å². The van der Waals surface area contributed by atoms with Gasteiger partial charge in [-0.25, -0.2) is 0 Å². The van der Waals surface area contributed by atoms with Crippen molar-refractivity contribution < 1.29 is 24.2 Å². The highest BCUT2D eigenvalue weighted by Gasteiger charge is 2.71. The summed E-state index contributed by atoms with van der Waals surface area (Å²) in [6.07, 6.45) is 13.3. The summed E-state index contributed by atoms with van der Waals surface area (Å²) in [6, 6.07) is 0. The maximum atomic E-state index is 13.3. The van der Waals surface area contributed by atoms with Gasteiger partial charge in [0, 0.05) is 20.0 Å². The van der Waals surface area contributed by atoms with Gasteiger partial charge in [-0.1, -0.05) is 44.6 Å². The van der Waals surface area contributed by atoms with Crippen molar-refractivity contribution in [1.82, 2.24) is 0 Å². The maximum absolute atomic E-state index is 13.3. The van der Waals surface area contributed by atoms with Crippen molar-refractivity contribution in [2.24, 2.45) is 40.4 Å². The first-order valence-electron chi connectivity index (χ1n) is 13.7. The van der Waals surface area contributed by atoms with Crippen LogP contribution in [0.1, 0.15) is 86.5 Å². The van der Waals surface area contributed by atoms with E-state index in [1.807, 2.05) is 13.8 Å². The second-order valence-corrected chi connectivity index (χ2v) is 12.8. The SMILES string of the molecule is COC(/C=C1\CCC[C@]2(C)[C@@H]([C@H](C)/C=C/[C@H](C)C(C)(C)O)CC[C@@H]12)C12CC1C[C@H](OC(C)=O)C2=O. The first-order valence-corrected chi connectivity index (χ1v) is 13.7. The van der Waals surface area contributed by atoms with E-state index in [1.54, 1.807) is 7.11 Å². The lowest BCUT2D eigenvalue weighted by atomic mass is 9.61. The van der Waals surface area contributed by atoms with Gasteiger partial charge in [-0.15, -0.1) is 0 Å². The number of allylic oxidation sites excluding steroid dienone is 2. The number of Topliss-reactive ketones (excluding diaryl/α,β-unsaturated/α-hetero) is 1. The fourth-order valence-electron chi connectivity index (χ4n) is 7.88. The first kappa shape index (κ1) is 26.6.